The van der Waals surface area contributed by atoms with Gasteiger partial charge in [0.1, 0.15) is 11.5 Å². The highest BCUT2D eigenvalue weighted by Gasteiger charge is 2.13. The molecule has 0 fully saturated rings. The van der Waals surface area contributed by atoms with Crippen molar-refractivity contribution in [2.45, 2.75) is 20.8 Å². The van der Waals surface area contributed by atoms with Gasteiger partial charge in [-0.05, 0) is 56.2 Å². The molecule has 0 amide bonds. The smallest absolute Gasteiger partial charge is 0.336 e. The highest BCUT2D eigenvalue weighted by molar-refractivity contribution is 6.01. The highest BCUT2D eigenvalue weighted by atomic mass is 16.4. The van der Waals surface area contributed by atoms with Crippen LogP contribution >= 0.6 is 0 Å². The Labute approximate surface area is 207 Å². The number of aromatic nitrogens is 3. The van der Waals surface area contributed by atoms with Gasteiger partial charge in [0.2, 0.25) is 0 Å². The fraction of sp³-hybridized carbons (Fsp3) is 0.120. The predicted octanol–water partition coefficient (Wildman–Crippen LogP) is 3.16. The summed E-state index contributed by atoms with van der Waals surface area (Å²) in [6.07, 6.45) is 2.60. The number of fused-ring (bicyclic) bond motifs is 2. The molecular weight excluding hydrogens is 480 g/mol. The van der Waals surface area contributed by atoms with Crippen LogP contribution in [0.3, 0.4) is 0 Å². The van der Waals surface area contributed by atoms with E-state index in [-0.39, 0.29) is 39.7 Å². The van der Waals surface area contributed by atoms with Crippen molar-refractivity contribution >= 4 is 40.3 Å². The Morgan fingerprint density at radius 2 is 1.38 bits per heavy atom. The van der Waals surface area contributed by atoms with Gasteiger partial charge < -0.3 is 19.0 Å². The fourth-order valence-corrected chi connectivity index (χ4v) is 3.87. The van der Waals surface area contributed by atoms with Gasteiger partial charge in [-0.3, -0.25) is 0 Å². The van der Waals surface area contributed by atoms with Gasteiger partial charge in [0, 0.05) is 22.9 Å². The van der Waals surface area contributed by atoms with E-state index in [0.717, 1.165) is 0 Å². The van der Waals surface area contributed by atoms with Crippen LogP contribution in [0.2, 0.25) is 0 Å². The molecular formula is C25H20N6O6. The molecule has 0 aliphatic rings. The molecule has 2 aromatic carbocycles. The molecule has 0 aliphatic heterocycles. The largest absolute Gasteiger partial charge is 0.507 e. The van der Waals surface area contributed by atoms with Crippen LogP contribution in [0.15, 0.2) is 65.0 Å². The number of hydrogen-bond acceptors (Lipinski definition) is 11. The van der Waals surface area contributed by atoms with Crippen LogP contribution in [0.25, 0.3) is 21.9 Å². The molecule has 0 unspecified atom stereocenters. The molecule has 0 radical (unpaired) electrons. The van der Waals surface area contributed by atoms with Crippen molar-refractivity contribution in [3.05, 3.63) is 85.3 Å². The van der Waals surface area contributed by atoms with Gasteiger partial charge in [0.25, 0.3) is 5.95 Å². The number of anilines is 1. The van der Waals surface area contributed by atoms with E-state index >= 15 is 0 Å². The van der Waals surface area contributed by atoms with E-state index in [2.05, 4.69) is 25.8 Å². The maximum atomic E-state index is 11.9. The van der Waals surface area contributed by atoms with Gasteiger partial charge in [-0.2, -0.15) is 14.9 Å². The first-order valence-electron chi connectivity index (χ1n) is 11.0. The fourth-order valence-electron chi connectivity index (χ4n) is 3.87. The lowest BCUT2D eigenvalue weighted by Gasteiger charge is -2.06. The van der Waals surface area contributed by atoms with Crippen molar-refractivity contribution in [3.63, 3.8) is 0 Å². The van der Waals surface area contributed by atoms with Crippen LogP contribution in [-0.2, 0) is 0 Å². The van der Waals surface area contributed by atoms with Gasteiger partial charge in [-0.15, -0.1) is 10.2 Å². The molecule has 0 atom stereocenters. The zero-order valence-electron chi connectivity index (χ0n) is 19.9. The number of phenolic OH excluding ortho intramolecular Hbond substituents is 2. The Balaban J connectivity index is 1.49. The SMILES string of the molecule is Cc1cc(=O)oc2c(/C=N/Nc3nnc(C)n3/N=C/c3c(O)ccc4c(C)cc(=O)oc34)c(O)ccc12. The zero-order valence-corrected chi connectivity index (χ0v) is 19.9. The standard InChI is InChI=1S/C25H20N6O6/c1-12-8-21(34)36-23-15(12)4-6-19(32)17(23)10-26-29-25-30-28-14(3)31(25)27-11-18-20(33)7-5-16-13(2)9-22(35)37-24(16)18/h4-11,32-33H,1-3H3,(H,29,30)/b26-10+,27-11+. The van der Waals surface area contributed by atoms with Gasteiger partial charge in [0.15, 0.2) is 17.0 Å². The summed E-state index contributed by atoms with van der Waals surface area (Å²) in [7, 11) is 0. The van der Waals surface area contributed by atoms with Crippen LogP contribution in [-0.4, -0.2) is 37.5 Å². The number of hydrazone groups is 1. The van der Waals surface area contributed by atoms with Crippen LogP contribution < -0.4 is 16.7 Å². The predicted molar refractivity (Wildman–Crippen MR) is 137 cm³/mol. The van der Waals surface area contributed by atoms with Crippen molar-refractivity contribution in [2.75, 3.05) is 5.43 Å². The summed E-state index contributed by atoms with van der Waals surface area (Å²) in [5.74, 6) is 0.234. The Hall–Kier alpha value is -5.26. The van der Waals surface area contributed by atoms with Crippen LogP contribution in [0, 0.1) is 20.8 Å². The summed E-state index contributed by atoms with van der Waals surface area (Å²) in [6, 6.07) is 8.99. The Bertz CT molecular complexity index is 1860. The summed E-state index contributed by atoms with van der Waals surface area (Å²) in [4.78, 5) is 23.8. The van der Waals surface area contributed by atoms with Crippen molar-refractivity contribution in [1.29, 1.82) is 0 Å². The molecule has 0 saturated carbocycles. The van der Waals surface area contributed by atoms with Crippen molar-refractivity contribution in [1.82, 2.24) is 14.9 Å². The first kappa shape index (κ1) is 23.5. The first-order chi connectivity index (χ1) is 17.7. The van der Waals surface area contributed by atoms with E-state index in [1.807, 2.05) is 0 Å². The minimum Gasteiger partial charge on any atom is -0.507 e. The van der Waals surface area contributed by atoms with E-state index in [1.165, 1.54) is 41.4 Å². The molecule has 37 heavy (non-hydrogen) atoms. The van der Waals surface area contributed by atoms with Crippen molar-refractivity contribution in [3.8, 4) is 11.5 Å². The normalized spacial score (nSPS) is 11.9. The van der Waals surface area contributed by atoms with Gasteiger partial charge in [0.05, 0.1) is 23.6 Å². The van der Waals surface area contributed by atoms with Crippen molar-refractivity contribution in [2.24, 2.45) is 10.2 Å². The Morgan fingerprint density at radius 3 is 1.95 bits per heavy atom. The van der Waals surface area contributed by atoms with Gasteiger partial charge in [-0.1, -0.05) is 0 Å². The second-order valence-corrected chi connectivity index (χ2v) is 8.24. The quantitative estimate of drug-likeness (QED) is 0.186. The van der Waals surface area contributed by atoms with Gasteiger partial charge >= 0.3 is 11.3 Å². The molecule has 12 heteroatoms. The maximum Gasteiger partial charge on any atom is 0.336 e. The van der Waals surface area contributed by atoms with Gasteiger partial charge in [-0.25, -0.2) is 15.0 Å². The molecule has 3 aromatic heterocycles. The lowest BCUT2D eigenvalue weighted by molar-refractivity contribution is 0.471. The number of rotatable bonds is 5. The van der Waals surface area contributed by atoms with E-state index in [1.54, 1.807) is 32.9 Å². The third-order valence-electron chi connectivity index (χ3n) is 5.73. The summed E-state index contributed by atoms with van der Waals surface area (Å²) in [5, 5.41) is 38.4. The molecule has 12 nitrogen and oxygen atoms in total. The van der Waals surface area contributed by atoms with Crippen molar-refractivity contribution < 1.29 is 19.0 Å². The average Bonchev–Trinajstić information content (AvgIpc) is 3.18. The lowest BCUT2D eigenvalue weighted by Crippen LogP contribution is -2.03. The highest BCUT2D eigenvalue weighted by Crippen LogP contribution is 2.28. The van der Waals surface area contributed by atoms with E-state index in [4.69, 9.17) is 8.83 Å². The average molecular weight is 500 g/mol. The van der Waals surface area contributed by atoms with E-state index < -0.39 is 11.3 Å². The van der Waals surface area contributed by atoms with E-state index in [9.17, 15) is 19.8 Å². The number of aryl methyl sites for hydroxylation is 3. The number of aromatic hydroxyl groups is 2. The molecule has 5 rings (SSSR count). The molecule has 186 valence electrons. The van der Waals surface area contributed by atoms with Crippen LogP contribution in [0.5, 0.6) is 11.5 Å². The third-order valence-corrected chi connectivity index (χ3v) is 5.73. The molecule has 0 aliphatic carbocycles. The maximum absolute atomic E-state index is 11.9. The monoisotopic (exact) mass is 500 g/mol. The second kappa shape index (κ2) is 9.07. The minimum absolute atomic E-state index is 0.111. The molecule has 0 spiro atoms. The third kappa shape index (κ3) is 4.31. The molecule has 0 saturated heterocycles. The number of benzene rings is 2. The molecule has 3 N–H and O–H groups in total. The first-order valence-corrected chi connectivity index (χ1v) is 11.0. The Morgan fingerprint density at radius 1 is 0.838 bits per heavy atom. The summed E-state index contributed by atoms with van der Waals surface area (Å²) >= 11 is 0. The number of nitrogens with zero attached hydrogens (tertiary/aromatic N) is 5. The zero-order chi connectivity index (χ0) is 26.3. The summed E-state index contributed by atoms with van der Waals surface area (Å²) in [6.45, 7) is 5.18. The topological polar surface area (TPSA) is 168 Å². The number of hydrogen-bond donors (Lipinski definition) is 3. The van der Waals surface area contributed by atoms with Crippen LogP contribution in [0.1, 0.15) is 28.1 Å². The van der Waals surface area contributed by atoms with Crippen LogP contribution in [0.4, 0.5) is 5.95 Å². The van der Waals surface area contributed by atoms with E-state index in [0.29, 0.717) is 27.7 Å². The summed E-state index contributed by atoms with van der Waals surface area (Å²) in [5.41, 5.74) is 3.76. The number of nitrogens with one attached hydrogen (secondary N) is 1. The molecule has 3 heterocycles. The number of phenols is 2. The molecule has 0 bridgehead atoms. The lowest BCUT2D eigenvalue weighted by atomic mass is 10.1. The Kier molecular flexibility index (Phi) is 5.76. The molecule has 5 aromatic rings. The summed E-state index contributed by atoms with van der Waals surface area (Å²) < 4.78 is 11.9. The minimum atomic E-state index is -0.551. The second-order valence-electron chi connectivity index (χ2n) is 8.24.